The SMILES string of the molecule is CC(C)c1ccc(C(c2ccc3ccccc3c2)N2CCCNCC2)cc1. The quantitative estimate of drug-likeness (QED) is 0.676. The Labute approximate surface area is 163 Å². The second kappa shape index (κ2) is 8.24. The summed E-state index contributed by atoms with van der Waals surface area (Å²) in [5.74, 6) is 0.570. The van der Waals surface area contributed by atoms with Gasteiger partial charge in [-0.15, -0.1) is 0 Å². The van der Waals surface area contributed by atoms with Crippen LogP contribution in [0.3, 0.4) is 0 Å². The Kier molecular flexibility index (Phi) is 5.56. The Morgan fingerprint density at radius 2 is 1.44 bits per heavy atom. The lowest BCUT2D eigenvalue weighted by molar-refractivity contribution is 0.241. The summed E-state index contributed by atoms with van der Waals surface area (Å²) in [5, 5.41) is 6.19. The molecular weight excluding hydrogens is 328 g/mol. The average molecular weight is 359 g/mol. The summed E-state index contributed by atoms with van der Waals surface area (Å²) in [6.07, 6.45) is 1.20. The molecule has 1 unspecified atom stereocenters. The van der Waals surface area contributed by atoms with Crippen LogP contribution >= 0.6 is 0 Å². The largest absolute Gasteiger partial charge is 0.315 e. The summed E-state index contributed by atoms with van der Waals surface area (Å²) in [6, 6.07) is 25.3. The number of rotatable bonds is 4. The van der Waals surface area contributed by atoms with E-state index in [2.05, 4.69) is 90.8 Å². The Bertz CT molecular complexity index is 874. The summed E-state index contributed by atoms with van der Waals surface area (Å²) in [7, 11) is 0. The smallest absolute Gasteiger partial charge is 0.0602 e. The molecule has 1 N–H and O–H groups in total. The molecule has 3 aromatic carbocycles. The van der Waals surface area contributed by atoms with Gasteiger partial charge in [-0.3, -0.25) is 4.90 Å². The monoisotopic (exact) mass is 358 g/mol. The molecule has 0 aromatic heterocycles. The van der Waals surface area contributed by atoms with E-state index in [4.69, 9.17) is 0 Å². The van der Waals surface area contributed by atoms with Gasteiger partial charge < -0.3 is 5.32 Å². The summed E-state index contributed by atoms with van der Waals surface area (Å²) in [4.78, 5) is 2.65. The van der Waals surface area contributed by atoms with Gasteiger partial charge in [-0.2, -0.15) is 0 Å². The highest BCUT2D eigenvalue weighted by atomic mass is 15.2. The van der Waals surface area contributed by atoms with Gasteiger partial charge in [0, 0.05) is 19.6 Å². The van der Waals surface area contributed by atoms with Crippen LogP contribution in [0.25, 0.3) is 10.8 Å². The van der Waals surface area contributed by atoms with E-state index < -0.39 is 0 Å². The predicted molar refractivity (Wildman–Crippen MR) is 115 cm³/mol. The fourth-order valence-corrected chi connectivity index (χ4v) is 4.18. The number of benzene rings is 3. The minimum absolute atomic E-state index is 0.315. The minimum atomic E-state index is 0.315. The van der Waals surface area contributed by atoms with Gasteiger partial charge in [-0.05, 0) is 52.4 Å². The van der Waals surface area contributed by atoms with Crippen LogP contribution < -0.4 is 5.32 Å². The third-order valence-electron chi connectivity index (χ3n) is 5.75. The van der Waals surface area contributed by atoms with Crippen molar-refractivity contribution in [3.63, 3.8) is 0 Å². The molecule has 3 aromatic rings. The van der Waals surface area contributed by atoms with Gasteiger partial charge in [-0.25, -0.2) is 0 Å². The lowest BCUT2D eigenvalue weighted by Gasteiger charge is -2.31. The molecule has 1 heterocycles. The molecule has 0 saturated carbocycles. The summed E-state index contributed by atoms with van der Waals surface area (Å²) < 4.78 is 0. The molecule has 0 amide bonds. The van der Waals surface area contributed by atoms with Crippen LogP contribution in [-0.4, -0.2) is 31.1 Å². The van der Waals surface area contributed by atoms with Gasteiger partial charge in [0.05, 0.1) is 6.04 Å². The van der Waals surface area contributed by atoms with Crippen molar-refractivity contribution in [1.82, 2.24) is 10.2 Å². The molecule has 2 heteroatoms. The number of nitrogens with zero attached hydrogens (tertiary/aromatic N) is 1. The molecule has 140 valence electrons. The standard InChI is InChI=1S/C25H30N2/c1-19(2)20-8-11-22(12-9-20)25(27-16-5-14-26-15-17-27)24-13-10-21-6-3-4-7-23(21)18-24/h3-4,6-13,18-19,25-26H,5,14-17H2,1-2H3. The molecule has 0 spiro atoms. The van der Waals surface area contributed by atoms with Crippen LogP contribution in [0, 0.1) is 0 Å². The Hall–Kier alpha value is -2.16. The Morgan fingerprint density at radius 1 is 0.741 bits per heavy atom. The van der Waals surface area contributed by atoms with Gasteiger partial charge in [0.1, 0.15) is 0 Å². The first-order valence-corrected chi connectivity index (χ1v) is 10.3. The van der Waals surface area contributed by atoms with Crippen LogP contribution in [0.4, 0.5) is 0 Å². The average Bonchev–Trinajstić information content (AvgIpc) is 2.98. The van der Waals surface area contributed by atoms with Gasteiger partial charge in [-0.1, -0.05) is 74.5 Å². The van der Waals surface area contributed by atoms with Crippen molar-refractivity contribution in [2.75, 3.05) is 26.2 Å². The first-order valence-electron chi connectivity index (χ1n) is 10.3. The lowest BCUT2D eigenvalue weighted by Crippen LogP contribution is -2.33. The van der Waals surface area contributed by atoms with Crippen molar-refractivity contribution in [2.45, 2.75) is 32.2 Å². The molecule has 2 nitrogen and oxygen atoms in total. The van der Waals surface area contributed by atoms with Gasteiger partial charge in [0.25, 0.3) is 0 Å². The fraction of sp³-hybridized carbons (Fsp3) is 0.360. The van der Waals surface area contributed by atoms with Crippen molar-refractivity contribution in [2.24, 2.45) is 0 Å². The highest BCUT2D eigenvalue weighted by Gasteiger charge is 2.23. The van der Waals surface area contributed by atoms with E-state index in [1.165, 1.54) is 33.9 Å². The topological polar surface area (TPSA) is 15.3 Å². The maximum Gasteiger partial charge on any atom is 0.0602 e. The maximum absolute atomic E-state index is 3.55. The van der Waals surface area contributed by atoms with Crippen molar-refractivity contribution < 1.29 is 0 Å². The lowest BCUT2D eigenvalue weighted by atomic mass is 9.92. The van der Waals surface area contributed by atoms with Crippen molar-refractivity contribution in [3.05, 3.63) is 83.4 Å². The number of fused-ring (bicyclic) bond motifs is 1. The van der Waals surface area contributed by atoms with Crippen LogP contribution in [0.1, 0.15) is 48.9 Å². The van der Waals surface area contributed by atoms with Crippen LogP contribution in [0.15, 0.2) is 66.7 Å². The molecule has 1 fully saturated rings. The maximum atomic E-state index is 3.55. The van der Waals surface area contributed by atoms with Gasteiger partial charge >= 0.3 is 0 Å². The second-order valence-corrected chi connectivity index (χ2v) is 7.97. The molecule has 27 heavy (non-hydrogen) atoms. The number of hydrogen-bond donors (Lipinski definition) is 1. The molecule has 0 radical (unpaired) electrons. The molecule has 0 aliphatic carbocycles. The first kappa shape index (κ1) is 18.2. The third-order valence-corrected chi connectivity index (χ3v) is 5.75. The normalized spacial score (nSPS) is 17.1. The molecule has 1 saturated heterocycles. The van der Waals surface area contributed by atoms with Gasteiger partial charge in [0.2, 0.25) is 0 Å². The van der Waals surface area contributed by atoms with Crippen LogP contribution in [-0.2, 0) is 0 Å². The molecule has 4 rings (SSSR count). The van der Waals surface area contributed by atoms with E-state index >= 15 is 0 Å². The van der Waals surface area contributed by atoms with E-state index in [-0.39, 0.29) is 0 Å². The highest BCUT2D eigenvalue weighted by molar-refractivity contribution is 5.83. The molecule has 0 bridgehead atoms. The number of hydrogen-bond acceptors (Lipinski definition) is 2. The minimum Gasteiger partial charge on any atom is -0.315 e. The Morgan fingerprint density at radius 3 is 2.22 bits per heavy atom. The summed E-state index contributed by atoms with van der Waals surface area (Å²) in [6.45, 7) is 8.92. The molecular formula is C25H30N2. The number of nitrogens with one attached hydrogen (secondary N) is 1. The zero-order valence-electron chi connectivity index (χ0n) is 16.5. The fourth-order valence-electron chi connectivity index (χ4n) is 4.18. The highest BCUT2D eigenvalue weighted by Crippen LogP contribution is 2.32. The van der Waals surface area contributed by atoms with Crippen LogP contribution in [0.2, 0.25) is 0 Å². The van der Waals surface area contributed by atoms with Crippen molar-refractivity contribution in [1.29, 1.82) is 0 Å². The molecule has 1 atom stereocenters. The van der Waals surface area contributed by atoms with E-state index in [1.807, 2.05) is 0 Å². The van der Waals surface area contributed by atoms with Crippen molar-refractivity contribution >= 4 is 10.8 Å². The van der Waals surface area contributed by atoms with E-state index in [9.17, 15) is 0 Å². The summed E-state index contributed by atoms with van der Waals surface area (Å²) >= 11 is 0. The van der Waals surface area contributed by atoms with E-state index in [1.54, 1.807) is 0 Å². The van der Waals surface area contributed by atoms with Gasteiger partial charge in [0.15, 0.2) is 0 Å². The second-order valence-electron chi connectivity index (χ2n) is 7.97. The summed E-state index contributed by atoms with van der Waals surface area (Å²) in [5.41, 5.74) is 4.21. The van der Waals surface area contributed by atoms with Crippen LogP contribution in [0.5, 0.6) is 0 Å². The zero-order valence-corrected chi connectivity index (χ0v) is 16.5. The molecule has 1 aliphatic heterocycles. The van der Waals surface area contributed by atoms with E-state index in [0.717, 1.165) is 26.2 Å². The first-order chi connectivity index (χ1) is 13.2. The predicted octanol–water partition coefficient (Wildman–Crippen LogP) is 5.35. The third kappa shape index (κ3) is 4.07. The molecule has 1 aliphatic rings. The zero-order chi connectivity index (χ0) is 18.6. The van der Waals surface area contributed by atoms with Crippen molar-refractivity contribution in [3.8, 4) is 0 Å². The van der Waals surface area contributed by atoms with E-state index in [0.29, 0.717) is 12.0 Å². The Balaban J connectivity index is 1.76.